The number of anilines is 1. The monoisotopic (exact) mass is 302 g/mol. The highest BCUT2D eigenvalue weighted by Gasteiger charge is 2.40. The minimum Gasteiger partial charge on any atom is -0.299 e. The molecular weight excluding hydrogens is 292 g/mol. The number of hydrogen-bond donors (Lipinski definition) is 1. The molecule has 3 rings (SSSR count). The maximum Gasteiger partial charge on any atom is 0.262 e. The van der Waals surface area contributed by atoms with Gasteiger partial charge in [0.25, 0.3) is 11.8 Å². The number of imide groups is 1. The van der Waals surface area contributed by atoms with Crippen LogP contribution < -0.4 is 5.32 Å². The van der Waals surface area contributed by atoms with E-state index in [1.807, 2.05) is 0 Å². The van der Waals surface area contributed by atoms with Crippen LogP contribution >= 0.6 is 11.5 Å². The molecule has 8 heteroatoms. The Bertz CT molecular complexity index is 694. The van der Waals surface area contributed by atoms with Crippen LogP contribution in [0.15, 0.2) is 30.6 Å². The van der Waals surface area contributed by atoms with Gasteiger partial charge in [0.15, 0.2) is 0 Å². The van der Waals surface area contributed by atoms with Crippen molar-refractivity contribution in [2.24, 2.45) is 0 Å². The summed E-state index contributed by atoms with van der Waals surface area (Å²) in [4.78, 5) is 41.4. The molecule has 1 N–H and O–H groups in total. The van der Waals surface area contributed by atoms with Crippen LogP contribution in [0.2, 0.25) is 0 Å². The van der Waals surface area contributed by atoms with Gasteiger partial charge in [-0.1, -0.05) is 12.1 Å². The van der Waals surface area contributed by atoms with Crippen molar-refractivity contribution in [3.8, 4) is 0 Å². The molecule has 1 aromatic carbocycles. The lowest BCUT2D eigenvalue weighted by molar-refractivity contribution is -0.119. The van der Waals surface area contributed by atoms with Gasteiger partial charge in [-0.3, -0.25) is 24.6 Å². The Morgan fingerprint density at radius 1 is 1.24 bits per heavy atom. The van der Waals surface area contributed by atoms with Crippen LogP contribution in [-0.2, 0) is 4.79 Å². The summed E-state index contributed by atoms with van der Waals surface area (Å²) in [5, 5.41) is 2.85. The summed E-state index contributed by atoms with van der Waals surface area (Å²) >= 11 is 1.02. The highest BCUT2D eigenvalue weighted by molar-refractivity contribution is 7.09. The predicted molar refractivity (Wildman–Crippen MR) is 74.9 cm³/mol. The van der Waals surface area contributed by atoms with E-state index in [4.69, 9.17) is 0 Å². The van der Waals surface area contributed by atoms with Gasteiger partial charge in [0, 0.05) is 11.5 Å². The minimum absolute atomic E-state index is 0.318. The number of amides is 3. The van der Waals surface area contributed by atoms with Crippen LogP contribution in [0.25, 0.3) is 0 Å². The second-order valence-electron chi connectivity index (χ2n) is 4.44. The number of nitrogens with zero attached hydrogens (tertiary/aromatic N) is 3. The van der Waals surface area contributed by atoms with E-state index < -0.39 is 23.8 Å². The van der Waals surface area contributed by atoms with E-state index in [1.54, 1.807) is 24.3 Å². The zero-order chi connectivity index (χ0) is 15.0. The number of aromatic nitrogens is 2. The first kappa shape index (κ1) is 13.4. The Labute approximate surface area is 123 Å². The molecule has 0 radical (unpaired) electrons. The molecule has 106 valence electrons. The fraction of sp³-hybridized carbons (Fsp3) is 0.154. The highest BCUT2D eigenvalue weighted by Crippen LogP contribution is 2.24. The average Bonchev–Trinajstić information content (AvgIpc) is 3.07. The molecule has 0 aliphatic carbocycles. The van der Waals surface area contributed by atoms with Gasteiger partial charge >= 0.3 is 0 Å². The molecule has 1 unspecified atom stereocenters. The number of nitrogens with one attached hydrogen (secondary N) is 1. The van der Waals surface area contributed by atoms with E-state index in [1.165, 1.54) is 13.3 Å². The van der Waals surface area contributed by atoms with E-state index in [0.29, 0.717) is 16.3 Å². The van der Waals surface area contributed by atoms with Crippen LogP contribution in [0.4, 0.5) is 5.13 Å². The fourth-order valence-corrected chi connectivity index (χ4v) is 2.55. The van der Waals surface area contributed by atoms with Crippen molar-refractivity contribution in [3.63, 3.8) is 0 Å². The maximum atomic E-state index is 12.3. The molecule has 3 amide bonds. The molecule has 1 atom stereocenters. The van der Waals surface area contributed by atoms with Crippen molar-refractivity contribution in [1.82, 2.24) is 14.3 Å². The third-order valence-electron chi connectivity index (χ3n) is 3.18. The van der Waals surface area contributed by atoms with Crippen LogP contribution in [0.1, 0.15) is 27.6 Å². The number of carbonyl (C=O) groups is 3. The van der Waals surface area contributed by atoms with Crippen LogP contribution in [-0.4, -0.2) is 38.0 Å². The summed E-state index contributed by atoms with van der Waals surface area (Å²) in [6, 6.07) is 5.58. The molecule has 0 saturated carbocycles. The number of fused-ring (bicyclic) bond motifs is 1. The largest absolute Gasteiger partial charge is 0.299 e. The number of carbonyl (C=O) groups excluding carboxylic acids is 3. The first-order valence-electron chi connectivity index (χ1n) is 6.14. The van der Waals surface area contributed by atoms with Crippen molar-refractivity contribution in [2.45, 2.75) is 13.0 Å². The first-order chi connectivity index (χ1) is 10.1. The molecule has 7 nitrogen and oxygen atoms in total. The van der Waals surface area contributed by atoms with Crippen molar-refractivity contribution in [3.05, 3.63) is 41.7 Å². The molecule has 1 aromatic heterocycles. The summed E-state index contributed by atoms with van der Waals surface area (Å²) in [6.45, 7) is 1.50. The fourth-order valence-electron chi connectivity index (χ4n) is 2.11. The second kappa shape index (κ2) is 5.06. The van der Waals surface area contributed by atoms with E-state index >= 15 is 0 Å². The predicted octanol–water partition coefficient (Wildman–Crippen LogP) is 1.16. The standard InChI is InChI=1S/C13H10N4O3S/c1-7(10(18)16-13-14-6-15-21-13)17-11(19)8-4-2-3-5-9(8)12(17)20/h2-7H,1H3,(H,14,15,16,18). The maximum absolute atomic E-state index is 12.3. The van der Waals surface area contributed by atoms with Crippen LogP contribution in [0.5, 0.6) is 0 Å². The number of rotatable bonds is 3. The molecule has 0 spiro atoms. The van der Waals surface area contributed by atoms with E-state index in [9.17, 15) is 14.4 Å². The third kappa shape index (κ3) is 2.19. The highest BCUT2D eigenvalue weighted by atomic mass is 32.1. The average molecular weight is 302 g/mol. The minimum atomic E-state index is -0.929. The van der Waals surface area contributed by atoms with E-state index in [0.717, 1.165) is 16.4 Å². The second-order valence-corrected chi connectivity index (χ2v) is 5.22. The Kier molecular flexibility index (Phi) is 3.22. The molecule has 21 heavy (non-hydrogen) atoms. The smallest absolute Gasteiger partial charge is 0.262 e. The summed E-state index contributed by atoms with van der Waals surface area (Å²) in [6.07, 6.45) is 1.31. The van der Waals surface area contributed by atoms with E-state index in [-0.39, 0.29) is 0 Å². The molecule has 0 saturated heterocycles. The summed E-state index contributed by atoms with van der Waals surface area (Å²) in [5.41, 5.74) is 0.635. The van der Waals surface area contributed by atoms with Gasteiger partial charge in [-0.05, 0) is 19.1 Å². The quantitative estimate of drug-likeness (QED) is 0.859. The lowest BCUT2D eigenvalue weighted by Crippen LogP contribution is -2.45. The number of hydrogen-bond acceptors (Lipinski definition) is 6. The Balaban J connectivity index is 1.83. The summed E-state index contributed by atoms with van der Waals surface area (Å²) in [5.74, 6) is -1.41. The molecule has 2 aromatic rings. The third-order valence-corrected chi connectivity index (χ3v) is 3.76. The molecular formula is C13H10N4O3S. The van der Waals surface area contributed by atoms with Gasteiger partial charge in [-0.2, -0.15) is 4.37 Å². The van der Waals surface area contributed by atoms with Gasteiger partial charge in [0.1, 0.15) is 12.4 Å². The lowest BCUT2D eigenvalue weighted by Gasteiger charge is -2.20. The van der Waals surface area contributed by atoms with Gasteiger partial charge in [-0.15, -0.1) is 0 Å². The van der Waals surface area contributed by atoms with Crippen LogP contribution in [0, 0.1) is 0 Å². The van der Waals surface area contributed by atoms with Crippen molar-refractivity contribution in [2.75, 3.05) is 5.32 Å². The normalized spacial score (nSPS) is 15.0. The van der Waals surface area contributed by atoms with Crippen molar-refractivity contribution >= 4 is 34.4 Å². The zero-order valence-electron chi connectivity index (χ0n) is 10.9. The van der Waals surface area contributed by atoms with Gasteiger partial charge in [-0.25, -0.2) is 4.98 Å². The number of benzene rings is 1. The van der Waals surface area contributed by atoms with Crippen molar-refractivity contribution in [1.29, 1.82) is 0 Å². The Morgan fingerprint density at radius 2 is 1.86 bits per heavy atom. The van der Waals surface area contributed by atoms with Gasteiger partial charge < -0.3 is 0 Å². The summed E-state index contributed by atoms with van der Waals surface area (Å²) in [7, 11) is 0. The van der Waals surface area contributed by atoms with Gasteiger partial charge in [0.2, 0.25) is 11.0 Å². The van der Waals surface area contributed by atoms with Crippen molar-refractivity contribution < 1.29 is 14.4 Å². The zero-order valence-corrected chi connectivity index (χ0v) is 11.8. The summed E-state index contributed by atoms with van der Waals surface area (Å²) < 4.78 is 3.76. The van der Waals surface area contributed by atoms with Crippen LogP contribution in [0.3, 0.4) is 0 Å². The van der Waals surface area contributed by atoms with E-state index in [2.05, 4.69) is 14.7 Å². The SMILES string of the molecule is CC(C(=O)Nc1ncns1)N1C(=O)c2ccccc2C1=O. The Morgan fingerprint density at radius 3 is 2.38 bits per heavy atom. The Hall–Kier alpha value is -2.61. The molecule has 1 aliphatic heterocycles. The molecule has 0 fully saturated rings. The molecule has 0 bridgehead atoms. The molecule has 2 heterocycles. The topological polar surface area (TPSA) is 92.3 Å². The molecule has 1 aliphatic rings. The first-order valence-corrected chi connectivity index (χ1v) is 6.91. The van der Waals surface area contributed by atoms with Gasteiger partial charge in [0.05, 0.1) is 11.1 Å². The lowest BCUT2D eigenvalue weighted by atomic mass is 10.1.